The molecule has 1 aromatic heterocycles. The monoisotopic (exact) mass is 327 g/mol. The van der Waals surface area contributed by atoms with Gasteiger partial charge in [-0.25, -0.2) is 0 Å². The Morgan fingerprint density at radius 3 is 2.36 bits per heavy atom. The second-order valence-corrected chi connectivity index (χ2v) is 11.6. The van der Waals surface area contributed by atoms with Crippen molar-refractivity contribution in [1.82, 2.24) is 25.1 Å². The van der Waals surface area contributed by atoms with Crippen molar-refractivity contribution in [3.05, 3.63) is 5.82 Å². The molecule has 126 valence electrons. The summed E-state index contributed by atoms with van der Waals surface area (Å²) in [7, 11) is -1.86. The van der Waals surface area contributed by atoms with E-state index in [-0.39, 0.29) is 5.54 Å². The third kappa shape index (κ3) is 5.47. The molecule has 7 heteroatoms. The van der Waals surface area contributed by atoms with Gasteiger partial charge < -0.3 is 4.57 Å². The summed E-state index contributed by atoms with van der Waals surface area (Å²) in [5.41, 5.74) is -0.119. The molecule has 0 aliphatic carbocycles. The predicted octanol–water partition coefficient (Wildman–Crippen LogP) is 2.65. The summed E-state index contributed by atoms with van der Waals surface area (Å²) in [6.45, 7) is 12.9. The van der Waals surface area contributed by atoms with Crippen LogP contribution in [0.5, 0.6) is 0 Å². The molecule has 2 heterocycles. The van der Waals surface area contributed by atoms with E-state index in [0.29, 0.717) is 0 Å². The normalized spacial score (nSPS) is 18.8. The molecule has 0 N–H and O–H groups in total. The molecule has 0 amide bonds. The maximum absolute atomic E-state index is 11.8. The summed E-state index contributed by atoms with van der Waals surface area (Å²) in [6.07, 6.45) is 4.37. The van der Waals surface area contributed by atoms with Crippen LogP contribution in [-0.4, -0.2) is 57.7 Å². The van der Waals surface area contributed by atoms with Gasteiger partial charge in [0.15, 0.2) is 5.82 Å². The Balaban J connectivity index is 1.78. The van der Waals surface area contributed by atoms with Crippen LogP contribution in [0.3, 0.4) is 0 Å². The first-order valence-corrected chi connectivity index (χ1v) is 11.0. The van der Waals surface area contributed by atoms with Gasteiger partial charge in [-0.05, 0) is 77.6 Å². The molecular formula is C15H30N5OP. The van der Waals surface area contributed by atoms with Crippen molar-refractivity contribution in [3.8, 4) is 0 Å². The fourth-order valence-corrected chi connectivity index (χ4v) is 3.70. The second-order valence-electron chi connectivity index (χ2n) is 7.97. The first-order valence-electron chi connectivity index (χ1n) is 8.19. The molecule has 1 aliphatic rings. The molecule has 0 spiro atoms. The van der Waals surface area contributed by atoms with Gasteiger partial charge in [-0.2, -0.15) is 4.80 Å². The summed E-state index contributed by atoms with van der Waals surface area (Å²) in [6, 6.07) is 0. The molecule has 0 atom stereocenters. The highest BCUT2D eigenvalue weighted by Gasteiger charge is 2.23. The van der Waals surface area contributed by atoms with Gasteiger partial charge in [0.1, 0.15) is 0 Å². The zero-order valence-electron chi connectivity index (χ0n) is 14.6. The Kier molecular flexibility index (Phi) is 5.44. The van der Waals surface area contributed by atoms with Crippen molar-refractivity contribution in [3.63, 3.8) is 0 Å². The van der Waals surface area contributed by atoms with Gasteiger partial charge in [-0.1, -0.05) is 0 Å². The molecule has 0 bridgehead atoms. The number of nitrogens with zero attached hydrogens (tertiary/aromatic N) is 5. The third-order valence-corrected chi connectivity index (χ3v) is 5.54. The SMILES string of the molecule is CC(C)(C)n1nnc(CN2CCC(CCP(C)(C)=O)CC2)n1. The molecule has 1 saturated heterocycles. The molecule has 2 rings (SSSR count). The molecule has 1 aromatic rings. The standard InChI is InChI=1S/C15H30N5OP/c1-15(2,3)20-17-14(16-18-20)12-19-9-6-13(7-10-19)8-11-22(4,5)21/h13H,6-12H2,1-5H3. The molecule has 0 saturated carbocycles. The van der Waals surface area contributed by atoms with Crippen molar-refractivity contribution in [1.29, 1.82) is 0 Å². The largest absolute Gasteiger partial charge is 0.324 e. The highest BCUT2D eigenvalue weighted by atomic mass is 31.2. The van der Waals surface area contributed by atoms with Crippen LogP contribution in [0.25, 0.3) is 0 Å². The predicted molar refractivity (Wildman–Crippen MR) is 89.8 cm³/mol. The highest BCUT2D eigenvalue weighted by molar-refractivity contribution is 7.62. The Morgan fingerprint density at radius 2 is 1.86 bits per heavy atom. The van der Waals surface area contributed by atoms with E-state index >= 15 is 0 Å². The lowest BCUT2D eigenvalue weighted by atomic mass is 9.94. The van der Waals surface area contributed by atoms with Gasteiger partial charge in [-0.15, -0.1) is 10.2 Å². The van der Waals surface area contributed by atoms with Gasteiger partial charge in [0, 0.05) is 6.16 Å². The third-order valence-electron chi connectivity index (χ3n) is 4.20. The quantitative estimate of drug-likeness (QED) is 0.778. The van der Waals surface area contributed by atoms with Crippen LogP contribution in [-0.2, 0) is 16.6 Å². The number of piperidine rings is 1. The summed E-state index contributed by atoms with van der Waals surface area (Å²) >= 11 is 0. The highest BCUT2D eigenvalue weighted by Crippen LogP contribution is 2.38. The Labute approximate surface area is 134 Å². The molecule has 0 unspecified atom stereocenters. The van der Waals surface area contributed by atoms with Gasteiger partial charge >= 0.3 is 0 Å². The van der Waals surface area contributed by atoms with E-state index in [4.69, 9.17) is 0 Å². The first-order chi connectivity index (χ1) is 10.1. The van der Waals surface area contributed by atoms with E-state index in [0.717, 1.165) is 44.0 Å². The lowest BCUT2D eigenvalue weighted by molar-refractivity contribution is 0.171. The van der Waals surface area contributed by atoms with Crippen molar-refractivity contribution in [2.45, 2.75) is 52.1 Å². The van der Waals surface area contributed by atoms with Crippen LogP contribution in [0.4, 0.5) is 0 Å². The molecule has 1 aliphatic heterocycles. The minimum absolute atomic E-state index is 0.119. The molecular weight excluding hydrogens is 297 g/mol. The van der Waals surface area contributed by atoms with E-state index in [1.807, 2.05) is 13.3 Å². The van der Waals surface area contributed by atoms with E-state index in [9.17, 15) is 4.57 Å². The minimum atomic E-state index is -1.86. The van der Waals surface area contributed by atoms with E-state index in [1.165, 1.54) is 12.8 Å². The van der Waals surface area contributed by atoms with Crippen molar-refractivity contribution in [2.24, 2.45) is 5.92 Å². The molecule has 1 fully saturated rings. The van der Waals surface area contributed by atoms with Crippen molar-refractivity contribution < 1.29 is 4.57 Å². The minimum Gasteiger partial charge on any atom is -0.324 e. The number of hydrogen-bond donors (Lipinski definition) is 0. The number of aromatic nitrogens is 4. The second kappa shape index (κ2) is 6.79. The molecule has 6 nitrogen and oxygen atoms in total. The van der Waals surface area contributed by atoms with Crippen LogP contribution in [0, 0.1) is 5.92 Å². The number of tetrazole rings is 1. The average molecular weight is 327 g/mol. The Bertz CT molecular complexity index is 522. The Hall–Kier alpha value is -0.740. The van der Waals surface area contributed by atoms with Gasteiger partial charge in [0.05, 0.1) is 19.2 Å². The van der Waals surface area contributed by atoms with Crippen LogP contribution >= 0.6 is 7.14 Å². The van der Waals surface area contributed by atoms with Crippen LogP contribution < -0.4 is 0 Å². The van der Waals surface area contributed by atoms with E-state index in [2.05, 4.69) is 41.1 Å². The summed E-state index contributed by atoms with van der Waals surface area (Å²) in [4.78, 5) is 4.09. The average Bonchev–Trinajstić information content (AvgIpc) is 2.85. The maximum atomic E-state index is 11.8. The Morgan fingerprint density at radius 1 is 1.23 bits per heavy atom. The van der Waals surface area contributed by atoms with E-state index in [1.54, 1.807) is 4.80 Å². The lowest BCUT2D eigenvalue weighted by Crippen LogP contribution is -2.34. The smallest absolute Gasteiger partial charge is 0.188 e. The molecule has 22 heavy (non-hydrogen) atoms. The fraction of sp³-hybridized carbons (Fsp3) is 0.933. The summed E-state index contributed by atoms with van der Waals surface area (Å²) in [5.74, 6) is 1.53. The first kappa shape index (κ1) is 17.6. The molecule has 0 aromatic carbocycles. The van der Waals surface area contributed by atoms with Crippen LogP contribution in [0.1, 0.15) is 45.9 Å². The zero-order valence-corrected chi connectivity index (χ0v) is 15.5. The fourth-order valence-electron chi connectivity index (χ4n) is 2.72. The summed E-state index contributed by atoms with van der Waals surface area (Å²) in [5, 5.41) is 12.8. The number of likely N-dealkylation sites (tertiary alicyclic amines) is 1. The van der Waals surface area contributed by atoms with Crippen molar-refractivity contribution >= 4 is 7.14 Å². The van der Waals surface area contributed by atoms with Crippen molar-refractivity contribution in [2.75, 3.05) is 32.6 Å². The van der Waals surface area contributed by atoms with Gasteiger partial charge in [-0.3, -0.25) is 4.90 Å². The van der Waals surface area contributed by atoms with Crippen LogP contribution in [0.15, 0.2) is 0 Å². The topological polar surface area (TPSA) is 63.9 Å². The van der Waals surface area contributed by atoms with Gasteiger partial charge in [0.25, 0.3) is 0 Å². The number of hydrogen-bond acceptors (Lipinski definition) is 5. The van der Waals surface area contributed by atoms with E-state index < -0.39 is 7.14 Å². The van der Waals surface area contributed by atoms with Gasteiger partial charge in [0.2, 0.25) is 0 Å². The lowest BCUT2D eigenvalue weighted by Gasteiger charge is -2.31. The molecule has 0 radical (unpaired) electrons. The zero-order chi connectivity index (χ0) is 16.4. The summed E-state index contributed by atoms with van der Waals surface area (Å²) < 4.78 is 11.8. The maximum Gasteiger partial charge on any atom is 0.188 e. The van der Waals surface area contributed by atoms with Crippen LogP contribution in [0.2, 0.25) is 0 Å². The number of rotatable bonds is 5.